The molecule has 1 heterocycles. The van der Waals surface area contributed by atoms with E-state index in [1.54, 1.807) is 7.11 Å². The average molecular weight is 308 g/mol. The van der Waals surface area contributed by atoms with E-state index in [0.29, 0.717) is 12.1 Å². The molecule has 4 nitrogen and oxygen atoms in total. The van der Waals surface area contributed by atoms with E-state index in [0.717, 1.165) is 28.8 Å². The van der Waals surface area contributed by atoms with E-state index in [2.05, 4.69) is 29.4 Å². The number of H-pyrrole nitrogens is 1. The first-order valence-electron chi connectivity index (χ1n) is 7.72. The minimum atomic E-state index is -0.0691. The SMILES string of the molecule is CCc1ccc(NCc2cc3cc(OC)ccc3[nH]c2=O)cc1. The number of rotatable bonds is 5. The van der Waals surface area contributed by atoms with E-state index >= 15 is 0 Å². The molecule has 23 heavy (non-hydrogen) atoms. The van der Waals surface area contributed by atoms with E-state index in [4.69, 9.17) is 4.74 Å². The number of aromatic nitrogens is 1. The van der Waals surface area contributed by atoms with Crippen LogP contribution in [0, 0.1) is 0 Å². The number of aryl methyl sites for hydroxylation is 1. The largest absolute Gasteiger partial charge is 0.497 e. The van der Waals surface area contributed by atoms with Crippen LogP contribution in [0.25, 0.3) is 10.9 Å². The first-order valence-corrected chi connectivity index (χ1v) is 7.72. The normalized spacial score (nSPS) is 10.7. The van der Waals surface area contributed by atoms with E-state index in [9.17, 15) is 4.79 Å². The van der Waals surface area contributed by atoms with Gasteiger partial charge in [-0.2, -0.15) is 0 Å². The number of hydrogen-bond donors (Lipinski definition) is 2. The fraction of sp³-hybridized carbons (Fsp3) is 0.211. The van der Waals surface area contributed by atoms with E-state index < -0.39 is 0 Å². The molecule has 0 fully saturated rings. The molecule has 0 aliphatic rings. The molecular weight excluding hydrogens is 288 g/mol. The summed E-state index contributed by atoms with van der Waals surface area (Å²) in [6, 6.07) is 15.8. The maximum absolute atomic E-state index is 12.2. The number of fused-ring (bicyclic) bond motifs is 1. The number of ether oxygens (including phenoxy) is 1. The Morgan fingerprint density at radius 2 is 1.87 bits per heavy atom. The van der Waals surface area contributed by atoms with Crippen molar-refractivity contribution >= 4 is 16.6 Å². The van der Waals surface area contributed by atoms with E-state index in [1.807, 2.05) is 36.4 Å². The van der Waals surface area contributed by atoms with Gasteiger partial charge in [0, 0.05) is 28.7 Å². The lowest BCUT2D eigenvalue weighted by Crippen LogP contribution is -2.15. The van der Waals surface area contributed by atoms with Gasteiger partial charge in [-0.15, -0.1) is 0 Å². The zero-order chi connectivity index (χ0) is 16.2. The van der Waals surface area contributed by atoms with Crippen LogP contribution in [-0.4, -0.2) is 12.1 Å². The van der Waals surface area contributed by atoms with Gasteiger partial charge in [0.15, 0.2) is 0 Å². The second kappa shape index (κ2) is 6.57. The van der Waals surface area contributed by atoms with Gasteiger partial charge in [0.2, 0.25) is 0 Å². The van der Waals surface area contributed by atoms with Crippen LogP contribution in [0.2, 0.25) is 0 Å². The van der Waals surface area contributed by atoms with Gasteiger partial charge in [0.1, 0.15) is 5.75 Å². The van der Waals surface area contributed by atoms with Gasteiger partial charge in [-0.1, -0.05) is 19.1 Å². The van der Waals surface area contributed by atoms with Gasteiger partial charge >= 0.3 is 0 Å². The predicted molar refractivity (Wildman–Crippen MR) is 94.3 cm³/mol. The summed E-state index contributed by atoms with van der Waals surface area (Å²) >= 11 is 0. The van der Waals surface area contributed by atoms with Crippen molar-refractivity contribution in [2.24, 2.45) is 0 Å². The van der Waals surface area contributed by atoms with E-state index in [-0.39, 0.29) is 5.56 Å². The molecule has 2 aromatic carbocycles. The zero-order valence-corrected chi connectivity index (χ0v) is 13.3. The third kappa shape index (κ3) is 3.37. The molecule has 0 radical (unpaired) electrons. The second-order valence-corrected chi connectivity index (χ2v) is 5.48. The van der Waals surface area contributed by atoms with Crippen LogP contribution in [0.3, 0.4) is 0 Å². The Labute approximate surface area is 135 Å². The van der Waals surface area contributed by atoms with Crippen LogP contribution in [-0.2, 0) is 13.0 Å². The van der Waals surface area contributed by atoms with Crippen molar-refractivity contribution in [2.75, 3.05) is 12.4 Å². The highest BCUT2D eigenvalue weighted by Gasteiger charge is 2.04. The van der Waals surface area contributed by atoms with Crippen molar-refractivity contribution in [1.29, 1.82) is 0 Å². The first-order chi connectivity index (χ1) is 11.2. The molecule has 0 bridgehead atoms. The van der Waals surface area contributed by atoms with Crippen molar-refractivity contribution in [2.45, 2.75) is 19.9 Å². The number of nitrogens with one attached hydrogen (secondary N) is 2. The summed E-state index contributed by atoms with van der Waals surface area (Å²) in [5.74, 6) is 0.776. The lowest BCUT2D eigenvalue weighted by atomic mass is 10.1. The van der Waals surface area contributed by atoms with Crippen LogP contribution in [0.5, 0.6) is 5.75 Å². The summed E-state index contributed by atoms with van der Waals surface area (Å²) in [6.07, 6.45) is 1.02. The quantitative estimate of drug-likeness (QED) is 0.755. The Bertz CT molecular complexity index is 867. The summed E-state index contributed by atoms with van der Waals surface area (Å²) in [7, 11) is 1.63. The maximum atomic E-state index is 12.2. The molecule has 1 aromatic heterocycles. The topological polar surface area (TPSA) is 54.1 Å². The summed E-state index contributed by atoms with van der Waals surface area (Å²) in [5, 5.41) is 4.26. The lowest BCUT2D eigenvalue weighted by Gasteiger charge is -2.08. The molecule has 118 valence electrons. The van der Waals surface area contributed by atoms with Crippen LogP contribution >= 0.6 is 0 Å². The van der Waals surface area contributed by atoms with Crippen molar-refractivity contribution in [3.05, 3.63) is 70.0 Å². The van der Waals surface area contributed by atoms with E-state index in [1.165, 1.54) is 5.56 Å². The Morgan fingerprint density at radius 1 is 1.09 bits per heavy atom. The minimum Gasteiger partial charge on any atom is -0.497 e. The Hall–Kier alpha value is -2.75. The second-order valence-electron chi connectivity index (χ2n) is 5.48. The molecule has 0 aliphatic heterocycles. The van der Waals surface area contributed by atoms with Gasteiger partial charge < -0.3 is 15.0 Å². The van der Waals surface area contributed by atoms with Crippen LogP contribution in [0.4, 0.5) is 5.69 Å². The third-order valence-electron chi connectivity index (χ3n) is 3.97. The number of aromatic amines is 1. The van der Waals surface area contributed by atoms with Gasteiger partial charge in [-0.25, -0.2) is 0 Å². The number of hydrogen-bond acceptors (Lipinski definition) is 3. The number of benzene rings is 2. The Morgan fingerprint density at radius 3 is 2.57 bits per heavy atom. The molecule has 0 aliphatic carbocycles. The lowest BCUT2D eigenvalue weighted by molar-refractivity contribution is 0.415. The molecule has 3 aromatic rings. The van der Waals surface area contributed by atoms with Crippen LogP contribution in [0.15, 0.2) is 53.3 Å². The van der Waals surface area contributed by atoms with Crippen molar-refractivity contribution in [3.8, 4) is 5.75 Å². The number of anilines is 1. The third-order valence-corrected chi connectivity index (χ3v) is 3.97. The van der Waals surface area contributed by atoms with Crippen molar-refractivity contribution in [3.63, 3.8) is 0 Å². The molecular formula is C19H20N2O2. The fourth-order valence-electron chi connectivity index (χ4n) is 2.54. The molecule has 4 heteroatoms. The van der Waals surface area contributed by atoms with Gasteiger partial charge in [-0.05, 0) is 48.4 Å². The summed E-state index contributed by atoms with van der Waals surface area (Å²) in [5.41, 5.74) is 3.75. The first kappa shape index (κ1) is 15.2. The molecule has 0 saturated heterocycles. The average Bonchev–Trinajstić information content (AvgIpc) is 2.60. The molecule has 2 N–H and O–H groups in total. The predicted octanol–water partition coefficient (Wildman–Crippen LogP) is 3.71. The summed E-state index contributed by atoms with van der Waals surface area (Å²) in [4.78, 5) is 15.1. The fourth-order valence-corrected chi connectivity index (χ4v) is 2.54. The van der Waals surface area contributed by atoms with Gasteiger partial charge in [-0.3, -0.25) is 4.79 Å². The maximum Gasteiger partial charge on any atom is 0.253 e. The van der Waals surface area contributed by atoms with Crippen LogP contribution < -0.4 is 15.6 Å². The molecule has 0 saturated carbocycles. The molecule has 0 amide bonds. The van der Waals surface area contributed by atoms with Crippen LogP contribution in [0.1, 0.15) is 18.1 Å². The minimum absolute atomic E-state index is 0.0691. The Kier molecular flexibility index (Phi) is 4.33. The summed E-state index contributed by atoms with van der Waals surface area (Å²) in [6.45, 7) is 2.61. The standard InChI is InChI=1S/C19H20N2O2/c1-3-13-4-6-16(7-5-13)20-12-15-10-14-11-17(23-2)8-9-18(14)21-19(15)22/h4-11,20H,3,12H2,1-2H3,(H,21,22). The van der Waals surface area contributed by atoms with Gasteiger partial charge in [0.25, 0.3) is 5.56 Å². The molecule has 0 unspecified atom stereocenters. The number of methoxy groups -OCH3 is 1. The number of pyridine rings is 1. The smallest absolute Gasteiger partial charge is 0.253 e. The summed E-state index contributed by atoms with van der Waals surface area (Å²) < 4.78 is 5.24. The molecule has 0 atom stereocenters. The zero-order valence-electron chi connectivity index (χ0n) is 13.3. The molecule has 3 rings (SSSR count). The molecule has 0 spiro atoms. The highest BCUT2D eigenvalue weighted by atomic mass is 16.5. The van der Waals surface area contributed by atoms with Crippen molar-refractivity contribution in [1.82, 2.24) is 4.98 Å². The Balaban J connectivity index is 1.83. The van der Waals surface area contributed by atoms with Crippen molar-refractivity contribution < 1.29 is 4.74 Å². The monoisotopic (exact) mass is 308 g/mol. The highest BCUT2D eigenvalue weighted by molar-refractivity contribution is 5.80. The highest BCUT2D eigenvalue weighted by Crippen LogP contribution is 2.19. The van der Waals surface area contributed by atoms with Gasteiger partial charge in [0.05, 0.1) is 7.11 Å².